The SMILES string of the molecule is CC(C)Oc1cc(C(F)(F)F)nn1-c1ccc(Cc2cc(-n3nc(C(F)(F)F)cc3OC(C)C)ccc2C(N)=O)cc1.N. The molecule has 0 atom stereocenters. The third kappa shape index (κ3) is 7.66. The third-order valence-corrected chi connectivity index (χ3v) is 5.82. The fraction of sp³-hybridized carbons (Fsp3) is 0.321. The molecular formula is C28H30F6N6O3. The van der Waals surface area contributed by atoms with Crippen LogP contribution in [0.1, 0.15) is 60.6 Å². The second-order valence-electron chi connectivity index (χ2n) is 9.94. The molecule has 0 aliphatic heterocycles. The van der Waals surface area contributed by atoms with Crippen LogP contribution in [0, 0.1) is 0 Å². The molecule has 2 aromatic carbocycles. The Bertz CT molecular complexity index is 1570. The minimum atomic E-state index is -4.71. The molecule has 0 spiro atoms. The normalized spacial score (nSPS) is 12.0. The Morgan fingerprint density at radius 2 is 1.21 bits per heavy atom. The molecule has 4 rings (SSSR count). The zero-order valence-electron chi connectivity index (χ0n) is 23.6. The summed E-state index contributed by atoms with van der Waals surface area (Å²) in [6, 6.07) is 12.2. The summed E-state index contributed by atoms with van der Waals surface area (Å²) in [7, 11) is 0. The smallest absolute Gasteiger partial charge is 0.435 e. The van der Waals surface area contributed by atoms with Crippen molar-refractivity contribution < 1.29 is 40.6 Å². The Labute approximate surface area is 242 Å². The Morgan fingerprint density at radius 3 is 1.63 bits per heavy atom. The molecule has 43 heavy (non-hydrogen) atoms. The molecule has 0 saturated heterocycles. The molecular weight excluding hydrogens is 582 g/mol. The lowest BCUT2D eigenvalue weighted by Crippen LogP contribution is -2.15. The maximum atomic E-state index is 13.4. The number of ether oxygens (including phenoxy) is 2. The van der Waals surface area contributed by atoms with Crippen molar-refractivity contribution in [1.82, 2.24) is 25.7 Å². The molecule has 2 aromatic heterocycles. The van der Waals surface area contributed by atoms with E-state index in [1.165, 1.54) is 30.3 Å². The molecule has 15 heteroatoms. The van der Waals surface area contributed by atoms with Crippen molar-refractivity contribution >= 4 is 5.91 Å². The van der Waals surface area contributed by atoms with Gasteiger partial charge in [0.2, 0.25) is 17.7 Å². The van der Waals surface area contributed by atoms with Crippen molar-refractivity contribution in [2.24, 2.45) is 5.73 Å². The van der Waals surface area contributed by atoms with Crippen molar-refractivity contribution in [3.8, 4) is 23.1 Å². The van der Waals surface area contributed by atoms with Gasteiger partial charge in [-0.3, -0.25) is 4.79 Å². The van der Waals surface area contributed by atoms with Gasteiger partial charge < -0.3 is 21.4 Å². The van der Waals surface area contributed by atoms with E-state index in [1.807, 2.05) is 0 Å². The Hall–Kier alpha value is -4.53. The molecule has 4 aromatic rings. The van der Waals surface area contributed by atoms with E-state index in [1.54, 1.807) is 39.8 Å². The molecule has 9 nitrogen and oxygen atoms in total. The molecule has 0 unspecified atom stereocenters. The number of carbonyl (C=O) groups is 1. The van der Waals surface area contributed by atoms with Gasteiger partial charge in [0.15, 0.2) is 11.4 Å². The zero-order chi connectivity index (χ0) is 31.0. The summed E-state index contributed by atoms with van der Waals surface area (Å²) < 4.78 is 93.2. The minimum Gasteiger partial charge on any atom is -0.475 e. The Balaban J connectivity index is 0.00000506. The van der Waals surface area contributed by atoms with E-state index >= 15 is 0 Å². The quantitative estimate of drug-likeness (QED) is 0.207. The number of hydrogen-bond donors (Lipinski definition) is 2. The topological polar surface area (TPSA) is 132 Å². The van der Waals surface area contributed by atoms with Crippen LogP contribution in [0.3, 0.4) is 0 Å². The number of nitrogens with two attached hydrogens (primary N) is 1. The number of rotatable bonds is 9. The van der Waals surface area contributed by atoms with Crippen molar-refractivity contribution in [3.05, 3.63) is 82.7 Å². The maximum Gasteiger partial charge on any atom is 0.435 e. The van der Waals surface area contributed by atoms with E-state index in [4.69, 9.17) is 15.2 Å². The summed E-state index contributed by atoms with van der Waals surface area (Å²) in [5.41, 5.74) is 4.93. The predicted molar refractivity (Wildman–Crippen MR) is 145 cm³/mol. The highest BCUT2D eigenvalue weighted by molar-refractivity contribution is 5.94. The fourth-order valence-electron chi connectivity index (χ4n) is 4.10. The van der Waals surface area contributed by atoms with Crippen LogP contribution in [0.25, 0.3) is 11.4 Å². The zero-order valence-corrected chi connectivity index (χ0v) is 23.6. The molecule has 0 saturated carbocycles. The van der Waals surface area contributed by atoms with Gasteiger partial charge in [-0.25, -0.2) is 9.36 Å². The molecule has 232 valence electrons. The van der Waals surface area contributed by atoms with Crippen LogP contribution in [0.15, 0.2) is 54.6 Å². The summed E-state index contributed by atoms with van der Waals surface area (Å²) in [4.78, 5) is 12.2. The summed E-state index contributed by atoms with van der Waals surface area (Å²) in [5.74, 6) is -0.989. The number of carbonyl (C=O) groups excluding carboxylic acids is 1. The highest BCUT2D eigenvalue weighted by Crippen LogP contribution is 2.34. The number of primary amides is 1. The second kappa shape index (κ2) is 12.4. The first-order valence-corrected chi connectivity index (χ1v) is 12.7. The summed E-state index contributed by atoms with van der Waals surface area (Å²) in [6.45, 7) is 6.65. The van der Waals surface area contributed by atoms with Crippen molar-refractivity contribution in [2.45, 2.75) is 58.7 Å². The van der Waals surface area contributed by atoms with Crippen LogP contribution in [0.4, 0.5) is 26.3 Å². The minimum absolute atomic E-state index is 0. The molecule has 0 radical (unpaired) electrons. The number of alkyl halides is 6. The molecule has 5 N–H and O–H groups in total. The predicted octanol–water partition coefficient (Wildman–Crippen LogP) is 6.52. The van der Waals surface area contributed by atoms with Crippen molar-refractivity contribution in [1.29, 1.82) is 0 Å². The van der Waals surface area contributed by atoms with Crippen molar-refractivity contribution in [3.63, 3.8) is 0 Å². The van der Waals surface area contributed by atoms with Crippen LogP contribution in [0.2, 0.25) is 0 Å². The molecule has 1 amide bonds. The van der Waals surface area contributed by atoms with E-state index in [-0.39, 0.29) is 35.6 Å². The third-order valence-electron chi connectivity index (χ3n) is 5.82. The van der Waals surface area contributed by atoms with E-state index in [0.29, 0.717) is 16.8 Å². The van der Waals surface area contributed by atoms with Crippen LogP contribution in [-0.2, 0) is 18.8 Å². The number of nitrogens with zero attached hydrogens (tertiary/aromatic N) is 4. The first-order chi connectivity index (χ1) is 19.5. The first-order valence-electron chi connectivity index (χ1n) is 12.7. The molecule has 0 bridgehead atoms. The van der Waals surface area contributed by atoms with Gasteiger partial charge in [0, 0.05) is 17.7 Å². The number of halogens is 6. The van der Waals surface area contributed by atoms with Crippen molar-refractivity contribution in [2.75, 3.05) is 0 Å². The van der Waals surface area contributed by atoms with E-state index in [2.05, 4.69) is 10.2 Å². The summed E-state index contributed by atoms with van der Waals surface area (Å²) in [5, 5.41) is 7.32. The molecule has 2 heterocycles. The fourth-order valence-corrected chi connectivity index (χ4v) is 4.10. The van der Waals surface area contributed by atoms with E-state index in [9.17, 15) is 31.1 Å². The molecule has 0 aliphatic carbocycles. The standard InChI is InChI=1S/C28H27F6N5O3.H3N/c1-15(2)41-24-13-22(27(29,30)31)36-38(24)19-7-5-17(6-8-19)11-18-12-20(9-10-21(18)26(35)40)39-25(42-16(3)4)14-23(37-39)28(32,33)34;/h5-10,12-16H,11H2,1-4H3,(H2,35,40);1H3. The number of amides is 1. The van der Waals surface area contributed by atoms with Crippen LogP contribution in [-0.4, -0.2) is 37.7 Å². The van der Waals surface area contributed by atoms with Crippen LogP contribution < -0.4 is 21.4 Å². The first kappa shape index (κ1) is 33.0. The lowest BCUT2D eigenvalue weighted by molar-refractivity contribution is -0.142. The van der Waals surface area contributed by atoms with Gasteiger partial charge >= 0.3 is 12.4 Å². The second-order valence-corrected chi connectivity index (χ2v) is 9.94. The largest absolute Gasteiger partial charge is 0.475 e. The van der Waals surface area contributed by atoms with E-state index < -0.39 is 41.9 Å². The average Bonchev–Trinajstić information content (AvgIpc) is 3.48. The Morgan fingerprint density at radius 1 is 0.767 bits per heavy atom. The highest BCUT2D eigenvalue weighted by Gasteiger charge is 2.37. The van der Waals surface area contributed by atoms with Gasteiger partial charge in [-0.05, 0) is 75.6 Å². The van der Waals surface area contributed by atoms with Gasteiger partial charge in [-0.15, -0.1) is 0 Å². The summed E-state index contributed by atoms with van der Waals surface area (Å²) in [6.07, 6.45) is -10.1. The van der Waals surface area contributed by atoms with Crippen LogP contribution >= 0.6 is 0 Å². The lowest BCUT2D eigenvalue weighted by Gasteiger charge is -2.15. The molecule has 0 fully saturated rings. The monoisotopic (exact) mass is 612 g/mol. The van der Waals surface area contributed by atoms with Gasteiger partial charge in [-0.1, -0.05) is 12.1 Å². The maximum absolute atomic E-state index is 13.4. The number of aromatic nitrogens is 4. The van der Waals surface area contributed by atoms with Gasteiger partial charge in [-0.2, -0.15) is 36.5 Å². The Kier molecular flexibility index (Phi) is 9.49. The average molecular weight is 613 g/mol. The summed E-state index contributed by atoms with van der Waals surface area (Å²) >= 11 is 0. The number of benzene rings is 2. The van der Waals surface area contributed by atoms with Gasteiger partial charge in [0.05, 0.1) is 23.6 Å². The highest BCUT2D eigenvalue weighted by atomic mass is 19.4. The van der Waals surface area contributed by atoms with E-state index in [0.717, 1.165) is 21.5 Å². The van der Waals surface area contributed by atoms with Crippen LogP contribution in [0.5, 0.6) is 11.8 Å². The number of hydrogen-bond acceptors (Lipinski definition) is 6. The molecule has 0 aliphatic rings. The lowest BCUT2D eigenvalue weighted by atomic mass is 9.98. The van der Waals surface area contributed by atoms with Gasteiger partial charge in [0.1, 0.15) is 0 Å². The van der Waals surface area contributed by atoms with Gasteiger partial charge in [0.25, 0.3) is 0 Å².